The lowest BCUT2D eigenvalue weighted by Crippen LogP contribution is -2.17. The number of aryl methyl sites for hydroxylation is 1. The molecular formula is C26H29NO3. The Labute approximate surface area is 178 Å². The third-order valence-corrected chi connectivity index (χ3v) is 4.90. The predicted molar refractivity (Wildman–Crippen MR) is 121 cm³/mol. The molecular weight excluding hydrogens is 374 g/mol. The van der Waals surface area contributed by atoms with E-state index in [-0.39, 0.29) is 17.9 Å². The Morgan fingerprint density at radius 3 is 2.10 bits per heavy atom. The van der Waals surface area contributed by atoms with Crippen LogP contribution in [0.2, 0.25) is 0 Å². The summed E-state index contributed by atoms with van der Waals surface area (Å²) in [6, 6.07) is 23.8. The molecule has 30 heavy (non-hydrogen) atoms. The van der Waals surface area contributed by atoms with Crippen molar-refractivity contribution in [2.24, 2.45) is 0 Å². The molecule has 0 radical (unpaired) electrons. The Kier molecular flexibility index (Phi) is 7.12. The molecule has 0 saturated heterocycles. The molecule has 0 fully saturated rings. The second-order valence-corrected chi connectivity index (χ2v) is 7.65. The molecule has 4 heteroatoms. The van der Waals surface area contributed by atoms with Gasteiger partial charge in [-0.15, -0.1) is 0 Å². The van der Waals surface area contributed by atoms with Crippen LogP contribution >= 0.6 is 0 Å². The molecule has 0 aromatic heterocycles. The molecule has 0 aliphatic carbocycles. The van der Waals surface area contributed by atoms with Crippen LogP contribution in [-0.4, -0.2) is 19.1 Å². The first-order valence-corrected chi connectivity index (χ1v) is 10.2. The number of ether oxygens (including phenoxy) is 2. The summed E-state index contributed by atoms with van der Waals surface area (Å²) >= 11 is 0. The summed E-state index contributed by atoms with van der Waals surface area (Å²) in [5.41, 5.74) is 4.04. The number of carbonyl (C=O) groups excluding carboxylic acids is 1. The number of methoxy groups -OCH3 is 1. The largest absolute Gasteiger partial charge is 0.495 e. The van der Waals surface area contributed by atoms with E-state index >= 15 is 0 Å². The molecule has 0 aliphatic heterocycles. The molecule has 156 valence electrons. The lowest BCUT2D eigenvalue weighted by Gasteiger charge is -2.19. The van der Waals surface area contributed by atoms with Crippen molar-refractivity contribution in [1.82, 2.24) is 0 Å². The van der Waals surface area contributed by atoms with E-state index in [0.29, 0.717) is 17.9 Å². The third kappa shape index (κ3) is 5.63. The van der Waals surface area contributed by atoms with Crippen molar-refractivity contribution in [2.45, 2.75) is 39.2 Å². The molecule has 0 unspecified atom stereocenters. The summed E-state index contributed by atoms with van der Waals surface area (Å²) < 4.78 is 11.1. The fourth-order valence-corrected chi connectivity index (χ4v) is 3.41. The van der Waals surface area contributed by atoms with Gasteiger partial charge in [0.1, 0.15) is 11.5 Å². The number of carbonyl (C=O) groups is 1. The van der Waals surface area contributed by atoms with Crippen LogP contribution in [0.15, 0.2) is 72.8 Å². The highest BCUT2D eigenvalue weighted by Crippen LogP contribution is 2.31. The van der Waals surface area contributed by atoms with Crippen molar-refractivity contribution >= 4 is 11.6 Å². The average molecular weight is 404 g/mol. The summed E-state index contributed by atoms with van der Waals surface area (Å²) in [7, 11) is 1.60. The molecule has 0 spiro atoms. The highest BCUT2D eigenvalue weighted by Gasteiger charge is 2.19. The van der Waals surface area contributed by atoms with E-state index in [4.69, 9.17) is 9.47 Å². The fraction of sp³-hybridized carbons (Fsp3) is 0.269. The Balaban J connectivity index is 1.84. The lowest BCUT2D eigenvalue weighted by atomic mass is 9.87. The SMILES string of the molecule is COc1ccccc1NC(=O)C[C@H](c1ccc(C)cc1)c1ccc(OC(C)C)cc1. The molecule has 4 nitrogen and oxygen atoms in total. The summed E-state index contributed by atoms with van der Waals surface area (Å²) in [6.45, 7) is 6.07. The van der Waals surface area contributed by atoms with E-state index in [1.807, 2.05) is 62.4 Å². The maximum Gasteiger partial charge on any atom is 0.225 e. The van der Waals surface area contributed by atoms with Crippen molar-refractivity contribution in [1.29, 1.82) is 0 Å². The van der Waals surface area contributed by atoms with Crippen molar-refractivity contribution in [3.8, 4) is 11.5 Å². The molecule has 0 bridgehead atoms. The van der Waals surface area contributed by atoms with E-state index in [9.17, 15) is 4.79 Å². The average Bonchev–Trinajstić information content (AvgIpc) is 2.73. The number of benzene rings is 3. The molecule has 0 aliphatic rings. The Hall–Kier alpha value is -3.27. The van der Waals surface area contributed by atoms with Crippen molar-refractivity contribution < 1.29 is 14.3 Å². The summed E-state index contributed by atoms with van der Waals surface area (Å²) in [5.74, 6) is 1.35. The minimum Gasteiger partial charge on any atom is -0.495 e. The zero-order valence-electron chi connectivity index (χ0n) is 18.0. The van der Waals surface area contributed by atoms with E-state index in [1.165, 1.54) is 5.56 Å². The van der Waals surface area contributed by atoms with E-state index < -0.39 is 0 Å². The maximum atomic E-state index is 12.9. The highest BCUT2D eigenvalue weighted by molar-refractivity contribution is 5.93. The number of anilines is 1. The summed E-state index contributed by atoms with van der Waals surface area (Å²) in [4.78, 5) is 12.9. The van der Waals surface area contributed by atoms with Crippen LogP contribution in [-0.2, 0) is 4.79 Å². The maximum absolute atomic E-state index is 12.9. The second kappa shape index (κ2) is 9.97. The van der Waals surface area contributed by atoms with Gasteiger partial charge in [0.25, 0.3) is 0 Å². The van der Waals surface area contributed by atoms with Gasteiger partial charge in [0.15, 0.2) is 0 Å². The van der Waals surface area contributed by atoms with Gasteiger partial charge in [-0.05, 0) is 56.2 Å². The minimum absolute atomic E-state index is 0.0617. The number of hydrogen-bond donors (Lipinski definition) is 1. The predicted octanol–water partition coefficient (Wildman–Crippen LogP) is 5.95. The molecule has 3 aromatic carbocycles. The van der Waals surface area contributed by atoms with Crippen LogP contribution in [0.5, 0.6) is 11.5 Å². The van der Waals surface area contributed by atoms with Crippen molar-refractivity contribution in [3.63, 3.8) is 0 Å². The van der Waals surface area contributed by atoms with Gasteiger partial charge in [0.2, 0.25) is 5.91 Å². The van der Waals surface area contributed by atoms with Gasteiger partial charge in [-0.1, -0.05) is 54.1 Å². The monoisotopic (exact) mass is 403 g/mol. The van der Waals surface area contributed by atoms with Crippen LogP contribution in [0.1, 0.15) is 42.9 Å². The normalized spacial score (nSPS) is 11.8. The van der Waals surface area contributed by atoms with Crippen LogP contribution in [0.4, 0.5) is 5.69 Å². The minimum atomic E-state index is -0.0624. The van der Waals surface area contributed by atoms with E-state index in [0.717, 1.165) is 16.9 Å². The fourth-order valence-electron chi connectivity index (χ4n) is 3.41. The molecule has 1 N–H and O–H groups in total. The molecule has 3 aromatic rings. The van der Waals surface area contributed by atoms with Gasteiger partial charge < -0.3 is 14.8 Å². The zero-order valence-corrected chi connectivity index (χ0v) is 18.0. The van der Waals surface area contributed by atoms with Gasteiger partial charge in [-0.2, -0.15) is 0 Å². The number of nitrogens with one attached hydrogen (secondary N) is 1. The Bertz CT molecular complexity index is 962. The topological polar surface area (TPSA) is 47.6 Å². The first-order valence-electron chi connectivity index (χ1n) is 10.2. The number of amides is 1. The summed E-state index contributed by atoms with van der Waals surface area (Å²) in [5, 5.41) is 2.99. The number of rotatable bonds is 8. The molecule has 0 saturated carbocycles. The van der Waals surface area contributed by atoms with Crippen LogP contribution in [0.25, 0.3) is 0 Å². The molecule has 1 atom stereocenters. The van der Waals surface area contributed by atoms with Gasteiger partial charge in [-0.25, -0.2) is 0 Å². The first-order chi connectivity index (χ1) is 14.5. The van der Waals surface area contributed by atoms with Gasteiger partial charge >= 0.3 is 0 Å². The second-order valence-electron chi connectivity index (χ2n) is 7.65. The van der Waals surface area contributed by atoms with Crippen LogP contribution < -0.4 is 14.8 Å². The van der Waals surface area contributed by atoms with Crippen molar-refractivity contribution in [2.75, 3.05) is 12.4 Å². The Morgan fingerprint density at radius 2 is 1.50 bits per heavy atom. The zero-order chi connectivity index (χ0) is 21.5. The number of para-hydroxylation sites is 2. The Morgan fingerprint density at radius 1 is 0.900 bits per heavy atom. The molecule has 0 heterocycles. The molecule has 1 amide bonds. The third-order valence-electron chi connectivity index (χ3n) is 4.90. The quantitative estimate of drug-likeness (QED) is 0.505. The van der Waals surface area contributed by atoms with Gasteiger partial charge in [-0.3, -0.25) is 4.79 Å². The van der Waals surface area contributed by atoms with Crippen molar-refractivity contribution in [3.05, 3.63) is 89.5 Å². The van der Waals surface area contributed by atoms with Gasteiger partial charge in [0, 0.05) is 12.3 Å². The van der Waals surface area contributed by atoms with Gasteiger partial charge in [0.05, 0.1) is 18.9 Å². The number of hydrogen-bond acceptors (Lipinski definition) is 3. The summed E-state index contributed by atoms with van der Waals surface area (Å²) in [6.07, 6.45) is 0.446. The van der Waals surface area contributed by atoms with E-state index in [2.05, 4.69) is 36.5 Å². The standard InChI is InChI=1S/C26H29NO3/c1-18(2)30-22-15-13-21(14-16-22)23(20-11-9-19(3)10-12-20)17-26(28)27-24-7-5-6-8-25(24)29-4/h5-16,18,23H,17H2,1-4H3,(H,27,28)/t23-/m1/s1. The van der Waals surface area contributed by atoms with Crippen LogP contribution in [0.3, 0.4) is 0 Å². The van der Waals surface area contributed by atoms with E-state index in [1.54, 1.807) is 7.11 Å². The molecule has 3 rings (SSSR count). The smallest absolute Gasteiger partial charge is 0.225 e. The lowest BCUT2D eigenvalue weighted by molar-refractivity contribution is -0.116. The highest BCUT2D eigenvalue weighted by atomic mass is 16.5. The van der Waals surface area contributed by atoms with Crippen LogP contribution in [0, 0.1) is 6.92 Å². The first kappa shape index (κ1) is 21.4.